The fourth-order valence-corrected chi connectivity index (χ4v) is 4.25. The third-order valence-corrected chi connectivity index (χ3v) is 5.98. The molecule has 3 aromatic rings. The minimum absolute atomic E-state index is 0.472. The molecule has 0 heterocycles. The number of carbonyl (C=O) groups excluding carboxylic acids is 4. The lowest BCUT2D eigenvalue weighted by molar-refractivity contribution is -0.141. The molecule has 0 aliphatic rings. The quantitative estimate of drug-likeness (QED) is 0.347. The zero-order valence-corrected chi connectivity index (χ0v) is 22.9. The number of nitrogens with zero attached hydrogens (tertiary/aromatic N) is 2. The minimum Gasteiger partial charge on any atom is -0.444 e. The van der Waals surface area contributed by atoms with Gasteiger partial charge in [0, 0.05) is 5.69 Å². The van der Waals surface area contributed by atoms with Crippen molar-refractivity contribution < 1.29 is 23.9 Å². The maximum Gasteiger partial charge on any atom is 0.408 e. The molecule has 3 aromatic carbocycles. The van der Waals surface area contributed by atoms with E-state index in [1.807, 2.05) is 36.4 Å². The van der Waals surface area contributed by atoms with Crippen molar-refractivity contribution in [1.82, 2.24) is 10.2 Å². The lowest BCUT2D eigenvalue weighted by Crippen LogP contribution is -2.53. The van der Waals surface area contributed by atoms with Gasteiger partial charge in [-0.05, 0) is 61.7 Å². The Morgan fingerprint density at radius 3 is 2.27 bits per heavy atom. The first-order valence-corrected chi connectivity index (χ1v) is 12.7. The number of amides is 4. The van der Waals surface area contributed by atoms with E-state index < -0.39 is 54.5 Å². The van der Waals surface area contributed by atoms with E-state index in [1.165, 1.54) is 0 Å². The van der Waals surface area contributed by atoms with Crippen molar-refractivity contribution in [2.75, 3.05) is 11.9 Å². The summed E-state index contributed by atoms with van der Waals surface area (Å²) >= 11 is 0. The topological polar surface area (TPSA) is 155 Å². The number of hydrogen-bond acceptors (Lipinski definition) is 6. The van der Waals surface area contributed by atoms with Crippen LogP contribution in [0.4, 0.5) is 10.5 Å². The molecule has 2 unspecified atom stereocenters. The maximum atomic E-state index is 13.9. The fourth-order valence-electron chi connectivity index (χ4n) is 4.25. The van der Waals surface area contributed by atoms with Gasteiger partial charge >= 0.3 is 6.09 Å². The number of nitriles is 1. The van der Waals surface area contributed by atoms with Crippen LogP contribution in [0.1, 0.15) is 44.4 Å². The summed E-state index contributed by atoms with van der Waals surface area (Å²) in [5.41, 5.74) is 6.17. The summed E-state index contributed by atoms with van der Waals surface area (Å²) in [4.78, 5) is 53.1. The van der Waals surface area contributed by atoms with Crippen LogP contribution in [0.15, 0.2) is 66.7 Å². The monoisotopic (exact) mass is 543 g/mol. The Hall–Kier alpha value is -4.91. The highest BCUT2D eigenvalue weighted by molar-refractivity contribution is 6.01. The number of nitrogens with one attached hydrogen (secondary N) is 2. The summed E-state index contributed by atoms with van der Waals surface area (Å²) in [5, 5.41) is 16.8. The van der Waals surface area contributed by atoms with E-state index >= 15 is 0 Å². The number of hydrogen-bond donors (Lipinski definition) is 3. The molecule has 10 nitrogen and oxygen atoms in total. The van der Waals surface area contributed by atoms with Gasteiger partial charge in [0.25, 0.3) is 5.91 Å². The Balaban J connectivity index is 2.02. The molecule has 0 aromatic heterocycles. The van der Waals surface area contributed by atoms with Gasteiger partial charge in [-0.15, -0.1) is 0 Å². The molecule has 2 atom stereocenters. The molecular formula is C30H33N5O5. The van der Waals surface area contributed by atoms with Crippen molar-refractivity contribution >= 4 is 40.3 Å². The number of fused-ring (bicyclic) bond motifs is 1. The lowest BCUT2D eigenvalue weighted by atomic mass is 9.97. The lowest BCUT2D eigenvalue weighted by Gasteiger charge is -2.33. The van der Waals surface area contributed by atoms with Crippen LogP contribution in [-0.2, 0) is 19.1 Å². The number of anilines is 1. The van der Waals surface area contributed by atoms with Gasteiger partial charge in [0.2, 0.25) is 11.8 Å². The van der Waals surface area contributed by atoms with Crippen LogP contribution in [0.25, 0.3) is 10.8 Å². The van der Waals surface area contributed by atoms with E-state index in [1.54, 1.807) is 64.1 Å². The van der Waals surface area contributed by atoms with Crippen molar-refractivity contribution in [3.8, 4) is 6.07 Å². The molecule has 208 valence electrons. The summed E-state index contributed by atoms with van der Waals surface area (Å²) in [5.74, 6) is -2.28. The molecule has 3 rings (SSSR count). The molecular weight excluding hydrogens is 510 g/mol. The van der Waals surface area contributed by atoms with Gasteiger partial charge in [-0.25, -0.2) is 4.79 Å². The second kappa shape index (κ2) is 12.8. The van der Waals surface area contributed by atoms with Crippen LogP contribution in [-0.4, -0.2) is 46.9 Å². The normalized spacial score (nSPS) is 12.5. The van der Waals surface area contributed by atoms with Crippen LogP contribution in [0.2, 0.25) is 0 Å². The van der Waals surface area contributed by atoms with E-state index in [-0.39, 0.29) is 0 Å². The predicted molar refractivity (Wildman–Crippen MR) is 151 cm³/mol. The Morgan fingerprint density at radius 1 is 1.00 bits per heavy atom. The first kappa shape index (κ1) is 29.6. The third-order valence-electron chi connectivity index (χ3n) is 5.98. The molecule has 0 spiro atoms. The molecule has 4 N–H and O–H groups in total. The molecule has 0 saturated carbocycles. The largest absolute Gasteiger partial charge is 0.444 e. The smallest absolute Gasteiger partial charge is 0.408 e. The number of carbonyl (C=O) groups is 4. The van der Waals surface area contributed by atoms with Gasteiger partial charge in [-0.1, -0.05) is 54.6 Å². The maximum absolute atomic E-state index is 13.9. The zero-order chi connectivity index (χ0) is 29.4. The van der Waals surface area contributed by atoms with E-state index in [0.29, 0.717) is 16.8 Å². The van der Waals surface area contributed by atoms with Crippen molar-refractivity contribution in [1.29, 1.82) is 5.26 Å². The molecule has 0 aliphatic carbocycles. The number of rotatable bonds is 9. The van der Waals surface area contributed by atoms with Crippen LogP contribution in [0.3, 0.4) is 0 Å². The van der Waals surface area contributed by atoms with Crippen LogP contribution in [0.5, 0.6) is 0 Å². The molecule has 0 bridgehead atoms. The highest BCUT2D eigenvalue weighted by Crippen LogP contribution is 2.28. The van der Waals surface area contributed by atoms with Crippen LogP contribution >= 0.6 is 0 Å². The number of nitrogens with two attached hydrogens (primary N) is 1. The molecule has 40 heavy (non-hydrogen) atoms. The number of alkyl carbamates (subject to hydrolysis) is 1. The Morgan fingerprint density at radius 2 is 1.65 bits per heavy atom. The standard InChI is InChI=1S/C30H33N5O5/c1-19-9-5-8-12-23(19)26(27(37)33-22-14-13-20-10-6-7-11-21(20)17-22)35(16-15-31)28(38)24(18-25(32)36)34-29(39)40-30(2,3)4/h5-14,17,24,26H,16,18H2,1-4H3,(H2,32,36)(H,33,37)(H,34,39). The minimum atomic E-state index is -1.47. The highest BCUT2D eigenvalue weighted by Gasteiger charge is 2.37. The SMILES string of the molecule is Cc1ccccc1C(C(=O)Nc1ccc2ccccc2c1)N(CC#N)C(=O)C(CC(N)=O)NC(=O)OC(C)(C)C. The molecule has 0 fully saturated rings. The second-order valence-corrected chi connectivity index (χ2v) is 10.3. The van der Waals surface area contributed by atoms with Crippen molar-refractivity contribution in [3.63, 3.8) is 0 Å². The average Bonchev–Trinajstić information content (AvgIpc) is 2.87. The number of benzene rings is 3. The van der Waals surface area contributed by atoms with E-state index in [4.69, 9.17) is 10.5 Å². The molecule has 0 radical (unpaired) electrons. The van der Waals surface area contributed by atoms with Gasteiger partial charge in [0.15, 0.2) is 0 Å². The van der Waals surface area contributed by atoms with Gasteiger partial charge in [0.05, 0.1) is 12.5 Å². The van der Waals surface area contributed by atoms with Crippen LogP contribution < -0.4 is 16.4 Å². The van der Waals surface area contributed by atoms with E-state index in [0.717, 1.165) is 15.7 Å². The third kappa shape index (κ3) is 7.80. The first-order chi connectivity index (χ1) is 18.9. The average molecular weight is 544 g/mol. The Bertz CT molecular complexity index is 1460. The van der Waals surface area contributed by atoms with Crippen LogP contribution in [0, 0.1) is 18.3 Å². The number of ether oxygens (including phenoxy) is 1. The number of aryl methyl sites for hydroxylation is 1. The van der Waals surface area contributed by atoms with E-state index in [2.05, 4.69) is 10.6 Å². The zero-order valence-electron chi connectivity index (χ0n) is 22.9. The molecule has 10 heteroatoms. The summed E-state index contributed by atoms with van der Waals surface area (Å²) in [7, 11) is 0. The Kier molecular flexibility index (Phi) is 9.45. The highest BCUT2D eigenvalue weighted by atomic mass is 16.6. The fraction of sp³-hybridized carbons (Fsp3) is 0.300. The summed E-state index contributed by atoms with van der Waals surface area (Å²) in [6.07, 6.45) is -1.51. The number of primary amides is 1. The summed E-state index contributed by atoms with van der Waals surface area (Å²) < 4.78 is 5.25. The molecule has 4 amide bonds. The Labute approximate surface area is 233 Å². The van der Waals surface area contributed by atoms with Gasteiger partial charge < -0.3 is 26.0 Å². The van der Waals surface area contributed by atoms with E-state index in [9.17, 15) is 24.4 Å². The van der Waals surface area contributed by atoms with Crippen molar-refractivity contribution in [2.45, 2.75) is 51.8 Å². The van der Waals surface area contributed by atoms with Crippen molar-refractivity contribution in [3.05, 3.63) is 77.9 Å². The predicted octanol–water partition coefficient (Wildman–Crippen LogP) is 3.95. The summed E-state index contributed by atoms with van der Waals surface area (Å²) in [6.45, 7) is 6.20. The van der Waals surface area contributed by atoms with Gasteiger partial charge in [0.1, 0.15) is 24.2 Å². The molecule has 0 aliphatic heterocycles. The second-order valence-electron chi connectivity index (χ2n) is 10.3. The summed E-state index contributed by atoms with van der Waals surface area (Å²) in [6, 6.07) is 19.2. The molecule has 0 saturated heterocycles. The van der Waals surface area contributed by atoms with Gasteiger partial charge in [-0.3, -0.25) is 14.4 Å². The van der Waals surface area contributed by atoms with Crippen molar-refractivity contribution in [2.24, 2.45) is 5.73 Å². The van der Waals surface area contributed by atoms with Gasteiger partial charge in [-0.2, -0.15) is 5.26 Å². The first-order valence-electron chi connectivity index (χ1n) is 12.7.